The lowest BCUT2D eigenvalue weighted by Crippen LogP contribution is -2.60. The second kappa shape index (κ2) is 12.4. The van der Waals surface area contributed by atoms with Gasteiger partial charge >= 0.3 is 8.56 Å². The van der Waals surface area contributed by atoms with Crippen LogP contribution in [0.4, 0.5) is 0 Å². The second-order valence-corrected chi connectivity index (χ2v) is 37.9. The third-order valence-corrected chi connectivity index (χ3v) is 25.9. The van der Waals surface area contributed by atoms with Crippen LogP contribution in [-0.2, 0) is 8.85 Å². The van der Waals surface area contributed by atoms with Crippen LogP contribution < -0.4 is 0 Å². The van der Waals surface area contributed by atoms with E-state index in [2.05, 4.69) is 99.0 Å². The monoisotopic (exact) mass is 549 g/mol. The second-order valence-electron chi connectivity index (χ2n) is 14.1. The van der Waals surface area contributed by atoms with Gasteiger partial charge in [0.15, 0.2) is 0 Å². The van der Waals surface area contributed by atoms with Crippen molar-refractivity contribution in [2.75, 3.05) is 46.4 Å². The summed E-state index contributed by atoms with van der Waals surface area (Å²) in [5, 5.41) is 0. The Morgan fingerprint density at radius 3 is 1.18 bits per heavy atom. The highest BCUT2D eigenvalue weighted by Gasteiger charge is 2.41. The smallest absolute Gasteiger partial charge is 0.338 e. The summed E-state index contributed by atoms with van der Waals surface area (Å²) in [5.41, 5.74) is 0. The molecule has 0 spiro atoms. The highest BCUT2D eigenvalue weighted by atomic mass is 28.4. The van der Waals surface area contributed by atoms with E-state index in [1.54, 1.807) is 0 Å². The highest BCUT2D eigenvalue weighted by Crippen LogP contribution is 2.28. The minimum atomic E-state index is -2.18. The van der Waals surface area contributed by atoms with Crippen molar-refractivity contribution in [1.29, 1.82) is 0 Å². The van der Waals surface area contributed by atoms with Gasteiger partial charge in [0.2, 0.25) is 0 Å². The Kier molecular flexibility index (Phi) is 12.0. The molecule has 1 saturated heterocycles. The molecule has 0 aliphatic carbocycles. The first kappa shape index (κ1) is 31.9. The Morgan fingerprint density at radius 1 is 0.606 bits per heavy atom. The Labute approximate surface area is 213 Å². The molecule has 1 fully saturated rings. The van der Waals surface area contributed by atoms with Crippen LogP contribution >= 0.6 is 0 Å². The fourth-order valence-electron chi connectivity index (χ4n) is 5.71. The molecule has 33 heavy (non-hydrogen) atoms. The largest absolute Gasteiger partial charge is 0.393 e. The fraction of sp³-hybridized carbons (Fsp3) is 1.00. The Bertz CT molecular complexity index is 505. The van der Waals surface area contributed by atoms with Gasteiger partial charge in [-0.2, -0.15) is 0 Å². The molecule has 0 aromatic carbocycles. The molecule has 1 rings (SSSR count). The molecule has 0 radical (unpaired) electrons. The normalized spacial score (nSPS) is 19.7. The quantitative estimate of drug-likeness (QED) is 0.273. The Morgan fingerprint density at radius 2 is 0.909 bits per heavy atom. The first-order valence-electron chi connectivity index (χ1n) is 13.3. The van der Waals surface area contributed by atoms with Gasteiger partial charge in [0.05, 0.1) is 0 Å². The zero-order valence-electron chi connectivity index (χ0n) is 24.7. The van der Waals surface area contributed by atoms with Crippen molar-refractivity contribution in [3.63, 3.8) is 0 Å². The highest BCUT2D eigenvalue weighted by molar-refractivity contribution is 6.90. The lowest BCUT2D eigenvalue weighted by molar-refractivity contribution is 0.104. The number of hydrogen-bond acceptors (Lipinski definition) is 5. The molecule has 0 N–H and O–H groups in total. The van der Waals surface area contributed by atoms with Gasteiger partial charge in [0, 0.05) is 26.3 Å². The summed E-state index contributed by atoms with van der Waals surface area (Å²) in [4.78, 5) is 2.34. The van der Waals surface area contributed by atoms with E-state index in [1.807, 2.05) is 0 Å². The molecule has 198 valence electrons. The maximum Gasteiger partial charge on any atom is 0.338 e. The van der Waals surface area contributed by atoms with E-state index in [9.17, 15) is 0 Å². The zero-order chi connectivity index (χ0) is 25.7. The van der Waals surface area contributed by atoms with Crippen LogP contribution in [0.25, 0.3) is 0 Å². The maximum absolute atomic E-state index is 6.73. The van der Waals surface area contributed by atoms with Crippen LogP contribution in [0.15, 0.2) is 0 Å². The molecule has 0 amide bonds. The number of nitrogens with zero attached hydrogens (tertiary/aromatic N) is 3. The van der Waals surface area contributed by atoms with E-state index < -0.39 is 41.5 Å². The maximum atomic E-state index is 6.73. The topological polar surface area (TPSA) is 28.2 Å². The summed E-state index contributed by atoms with van der Waals surface area (Å²) < 4.78 is 19.3. The molecular weight excluding hydrogens is 491 g/mol. The number of likely N-dealkylation sites (N-methyl/N-ethyl adjacent to an activating group) is 1. The average molecular weight is 550 g/mol. The first-order valence-corrected chi connectivity index (χ1v) is 29.3. The molecule has 0 unspecified atom stereocenters. The van der Waals surface area contributed by atoms with Gasteiger partial charge in [-0.25, -0.2) is 0 Å². The fourth-order valence-corrected chi connectivity index (χ4v) is 28.4. The predicted octanol–water partition coefficient (Wildman–Crippen LogP) is 6.13. The molecule has 1 aliphatic heterocycles. The van der Waals surface area contributed by atoms with E-state index in [-0.39, 0.29) is 0 Å². The van der Waals surface area contributed by atoms with Crippen molar-refractivity contribution in [3.8, 4) is 0 Å². The zero-order valence-corrected chi connectivity index (χ0v) is 29.7. The molecule has 1 aliphatic rings. The molecule has 0 atom stereocenters. The predicted molar refractivity (Wildman–Crippen MR) is 161 cm³/mol. The van der Waals surface area contributed by atoms with Gasteiger partial charge in [-0.3, -0.25) is 0 Å². The average Bonchev–Trinajstić information content (AvgIpc) is 2.56. The van der Waals surface area contributed by atoms with Crippen molar-refractivity contribution >= 4 is 41.5 Å². The molecule has 0 saturated carbocycles. The van der Waals surface area contributed by atoms with Crippen LogP contribution in [0.1, 0.15) is 12.8 Å². The van der Waals surface area contributed by atoms with Crippen LogP contribution in [0, 0.1) is 0 Å². The number of rotatable bonds is 12. The molecule has 1 heterocycles. The number of hydrogen-bond donors (Lipinski definition) is 0. The molecule has 0 aromatic rings. The lowest BCUT2D eigenvalue weighted by atomic mass is 10.5. The summed E-state index contributed by atoms with van der Waals surface area (Å²) in [5.74, 6) is 0. The van der Waals surface area contributed by atoms with Crippen molar-refractivity contribution in [2.45, 2.75) is 103 Å². The van der Waals surface area contributed by atoms with E-state index in [4.69, 9.17) is 8.85 Å². The van der Waals surface area contributed by atoms with Gasteiger partial charge in [0.25, 0.3) is 0 Å². The van der Waals surface area contributed by atoms with Crippen molar-refractivity contribution in [1.82, 2.24) is 13.4 Å². The standard InChI is InChI=1S/C23H59N3O2Si5/c1-24-18-20-27-33(28-21-19-24,22-14-16-25(29(2,3)4)30(5,6)7)23-15-17-26(31(8,9)10)32(11,12)13/h14-23H2,1-13H3. The van der Waals surface area contributed by atoms with Gasteiger partial charge in [-0.05, 0) is 45.1 Å². The minimum Gasteiger partial charge on any atom is -0.393 e. The van der Waals surface area contributed by atoms with E-state index in [0.717, 1.165) is 38.4 Å². The molecule has 0 bridgehead atoms. The van der Waals surface area contributed by atoms with Gasteiger partial charge in [-0.1, -0.05) is 78.6 Å². The minimum absolute atomic E-state index is 0.834. The molecule has 5 nitrogen and oxygen atoms in total. The van der Waals surface area contributed by atoms with Gasteiger partial charge in [-0.15, -0.1) is 0 Å². The van der Waals surface area contributed by atoms with Crippen LogP contribution in [0.2, 0.25) is 90.7 Å². The van der Waals surface area contributed by atoms with Crippen LogP contribution in [0.3, 0.4) is 0 Å². The van der Waals surface area contributed by atoms with Crippen molar-refractivity contribution in [2.24, 2.45) is 0 Å². The van der Waals surface area contributed by atoms with Crippen LogP contribution in [0.5, 0.6) is 0 Å². The molecule has 0 aromatic heterocycles. The van der Waals surface area contributed by atoms with E-state index >= 15 is 0 Å². The summed E-state index contributed by atoms with van der Waals surface area (Å²) in [7, 11) is -5.27. The first-order chi connectivity index (χ1) is 14.8. The summed E-state index contributed by atoms with van der Waals surface area (Å²) in [6.45, 7) is 36.3. The summed E-state index contributed by atoms with van der Waals surface area (Å²) >= 11 is 0. The van der Waals surface area contributed by atoms with Gasteiger partial charge in [0.1, 0.15) is 32.9 Å². The summed E-state index contributed by atoms with van der Waals surface area (Å²) in [6.07, 6.45) is 2.45. The third kappa shape index (κ3) is 11.2. The SMILES string of the molecule is CN1CCO[Si](CCCN([Si](C)(C)C)[Si](C)(C)C)(CCCN([Si](C)(C)C)[Si](C)(C)C)OCC1. The lowest BCUT2D eigenvalue weighted by Gasteiger charge is -2.45. The van der Waals surface area contributed by atoms with Crippen molar-refractivity contribution < 1.29 is 8.85 Å². The van der Waals surface area contributed by atoms with Gasteiger partial charge < -0.3 is 22.2 Å². The third-order valence-electron chi connectivity index (χ3n) is 6.79. The van der Waals surface area contributed by atoms with Crippen molar-refractivity contribution in [3.05, 3.63) is 0 Å². The van der Waals surface area contributed by atoms with E-state index in [0.29, 0.717) is 0 Å². The van der Waals surface area contributed by atoms with Crippen LogP contribution in [-0.4, -0.2) is 101 Å². The molecule has 10 heteroatoms. The Hall–Kier alpha value is 0.884. The molecular formula is C23H59N3O2Si5. The summed E-state index contributed by atoms with van der Waals surface area (Å²) in [6, 6.07) is 2.31. The van der Waals surface area contributed by atoms with E-state index in [1.165, 1.54) is 25.9 Å². The Balaban J connectivity index is 2.92.